The molecule has 0 aliphatic heterocycles. The monoisotopic (exact) mass is 471 g/mol. The molecule has 2 N–H and O–H groups in total. The van der Waals surface area contributed by atoms with Crippen LogP contribution in [0.25, 0.3) is 0 Å². The first kappa shape index (κ1) is 23.1. The Balaban J connectivity index is 0.00000529. The Morgan fingerprint density at radius 2 is 1.83 bits per heavy atom. The van der Waals surface area contributed by atoms with Gasteiger partial charge in [-0.05, 0) is 33.8 Å². The molecule has 0 heterocycles. The molecule has 0 aliphatic carbocycles. The largest absolute Gasteiger partial charge is 0.357 e. The highest BCUT2D eigenvalue weighted by Gasteiger charge is 2.28. The molecule has 0 amide bonds. The Kier molecular flexibility index (Phi) is 9.79. The minimum atomic E-state index is -3.19. The lowest BCUT2D eigenvalue weighted by Crippen LogP contribution is -2.41. The number of nitrogens with zero attached hydrogens (tertiary/aromatic N) is 1. The molecule has 0 spiro atoms. The summed E-state index contributed by atoms with van der Waals surface area (Å²) >= 11 is 0. The second kappa shape index (κ2) is 10.2. The smallest absolute Gasteiger partial charge is 0.191 e. The normalized spacial score (nSPS) is 12.5. The molecule has 24 heavy (non-hydrogen) atoms. The van der Waals surface area contributed by atoms with Crippen LogP contribution in [0.5, 0.6) is 0 Å². The highest BCUT2D eigenvalue weighted by Crippen LogP contribution is 2.15. The van der Waals surface area contributed by atoms with Gasteiger partial charge in [0.1, 0.15) is 5.82 Å². The van der Waals surface area contributed by atoms with Crippen molar-refractivity contribution in [1.29, 1.82) is 0 Å². The van der Waals surface area contributed by atoms with Gasteiger partial charge in [-0.25, -0.2) is 17.8 Å². The third kappa shape index (κ3) is 7.33. The fourth-order valence-electron chi connectivity index (χ4n) is 1.74. The number of halogens is 2. The first-order valence-electron chi connectivity index (χ1n) is 7.65. The average Bonchev–Trinajstić information content (AvgIpc) is 2.45. The molecule has 0 unspecified atom stereocenters. The predicted octanol–water partition coefficient (Wildman–Crippen LogP) is 2.71. The van der Waals surface area contributed by atoms with Gasteiger partial charge in [0.05, 0.1) is 17.0 Å². The third-order valence-electron chi connectivity index (χ3n) is 3.31. The van der Waals surface area contributed by atoms with E-state index < -0.39 is 14.6 Å². The molecule has 0 bridgehead atoms. The average molecular weight is 471 g/mol. The number of guanidine groups is 1. The van der Waals surface area contributed by atoms with E-state index in [4.69, 9.17) is 0 Å². The summed E-state index contributed by atoms with van der Waals surface area (Å²) in [4.78, 5) is 4.29. The van der Waals surface area contributed by atoms with Crippen LogP contribution in [0.4, 0.5) is 4.39 Å². The Morgan fingerprint density at radius 1 is 1.21 bits per heavy atom. The summed E-state index contributed by atoms with van der Waals surface area (Å²) in [5.41, 5.74) is 0.493. The van der Waals surface area contributed by atoms with Crippen LogP contribution in [0.2, 0.25) is 0 Å². The van der Waals surface area contributed by atoms with Crippen molar-refractivity contribution in [3.8, 4) is 0 Å². The van der Waals surface area contributed by atoms with Crippen molar-refractivity contribution in [2.75, 3.05) is 18.8 Å². The maximum Gasteiger partial charge on any atom is 0.191 e. The SMILES string of the molecule is CCNC(=NCc1ccccc1F)NCCS(=O)(=O)C(C)(C)C.I. The van der Waals surface area contributed by atoms with E-state index in [2.05, 4.69) is 15.6 Å². The van der Waals surface area contributed by atoms with E-state index in [0.29, 0.717) is 18.1 Å². The molecule has 8 heteroatoms. The van der Waals surface area contributed by atoms with E-state index in [0.717, 1.165) is 0 Å². The summed E-state index contributed by atoms with van der Waals surface area (Å²) in [5, 5.41) is 5.99. The quantitative estimate of drug-likeness (QED) is 0.381. The van der Waals surface area contributed by atoms with Gasteiger partial charge in [-0.15, -0.1) is 24.0 Å². The Labute approximate surface area is 161 Å². The first-order chi connectivity index (χ1) is 10.7. The van der Waals surface area contributed by atoms with Crippen LogP contribution in [-0.2, 0) is 16.4 Å². The van der Waals surface area contributed by atoms with Crippen molar-refractivity contribution in [1.82, 2.24) is 10.6 Å². The number of rotatable bonds is 6. The molecular formula is C16H27FIN3O2S. The van der Waals surface area contributed by atoms with E-state index >= 15 is 0 Å². The van der Waals surface area contributed by atoms with Gasteiger partial charge in [0.15, 0.2) is 15.8 Å². The van der Waals surface area contributed by atoms with E-state index in [-0.39, 0.29) is 48.6 Å². The van der Waals surface area contributed by atoms with Gasteiger partial charge in [-0.2, -0.15) is 0 Å². The second-order valence-electron chi connectivity index (χ2n) is 6.14. The minimum Gasteiger partial charge on any atom is -0.357 e. The standard InChI is InChI=1S/C16H26FN3O2S.HI/c1-5-18-15(19-10-11-23(21,22)16(2,3)4)20-12-13-8-6-7-9-14(13)17;/h6-9H,5,10-12H2,1-4H3,(H2,18,19,20);1H. The third-order valence-corrected chi connectivity index (χ3v) is 5.91. The molecule has 1 aromatic rings. The molecule has 0 saturated carbocycles. The van der Waals surface area contributed by atoms with E-state index in [1.807, 2.05) is 6.92 Å². The maximum atomic E-state index is 13.6. The summed E-state index contributed by atoms with van der Waals surface area (Å²) in [6, 6.07) is 6.45. The number of nitrogens with one attached hydrogen (secondary N) is 2. The van der Waals surface area contributed by atoms with Gasteiger partial charge in [-0.3, -0.25) is 0 Å². The molecule has 1 aromatic carbocycles. The number of aliphatic imine (C=N–C) groups is 1. The fraction of sp³-hybridized carbons (Fsp3) is 0.562. The maximum absolute atomic E-state index is 13.6. The number of sulfone groups is 1. The molecule has 0 aliphatic rings. The Morgan fingerprint density at radius 3 is 2.38 bits per heavy atom. The number of hydrogen-bond acceptors (Lipinski definition) is 3. The van der Waals surface area contributed by atoms with Crippen LogP contribution < -0.4 is 10.6 Å². The lowest BCUT2D eigenvalue weighted by atomic mass is 10.2. The van der Waals surface area contributed by atoms with Gasteiger partial charge < -0.3 is 10.6 Å². The fourth-order valence-corrected chi connectivity index (χ4v) is 2.73. The molecule has 0 radical (unpaired) electrons. The molecule has 0 fully saturated rings. The molecule has 1 rings (SSSR count). The molecule has 0 aromatic heterocycles. The topological polar surface area (TPSA) is 70.6 Å². The highest BCUT2D eigenvalue weighted by atomic mass is 127. The zero-order chi connectivity index (χ0) is 17.5. The van der Waals surface area contributed by atoms with Crippen molar-refractivity contribution in [3.05, 3.63) is 35.6 Å². The van der Waals surface area contributed by atoms with Crippen LogP contribution >= 0.6 is 24.0 Å². The van der Waals surface area contributed by atoms with Crippen molar-refractivity contribution >= 4 is 39.8 Å². The van der Waals surface area contributed by atoms with Crippen molar-refractivity contribution in [3.63, 3.8) is 0 Å². The van der Waals surface area contributed by atoms with Crippen LogP contribution in [-0.4, -0.2) is 38.0 Å². The van der Waals surface area contributed by atoms with E-state index in [9.17, 15) is 12.8 Å². The van der Waals surface area contributed by atoms with Crippen LogP contribution in [0.3, 0.4) is 0 Å². The molecular weight excluding hydrogens is 444 g/mol. The van der Waals surface area contributed by atoms with Gasteiger partial charge in [0.2, 0.25) is 0 Å². The van der Waals surface area contributed by atoms with Gasteiger partial charge in [0, 0.05) is 18.7 Å². The summed E-state index contributed by atoms with van der Waals surface area (Å²) in [5.74, 6) is 0.183. The lowest BCUT2D eigenvalue weighted by Gasteiger charge is -2.19. The summed E-state index contributed by atoms with van der Waals surface area (Å²) in [6.45, 7) is 8.03. The Bertz CT molecular complexity index is 643. The van der Waals surface area contributed by atoms with Crippen molar-refractivity contribution in [2.45, 2.75) is 39.0 Å². The van der Waals surface area contributed by atoms with Crippen molar-refractivity contribution in [2.24, 2.45) is 4.99 Å². The molecule has 0 atom stereocenters. The highest BCUT2D eigenvalue weighted by molar-refractivity contribution is 14.0. The predicted molar refractivity (Wildman–Crippen MR) is 108 cm³/mol. The summed E-state index contributed by atoms with van der Waals surface area (Å²) < 4.78 is 36.9. The van der Waals surface area contributed by atoms with E-state index in [1.165, 1.54) is 6.07 Å². The summed E-state index contributed by atoms with van der Waals surface area (Å²) in [6.07, 6.45) is 0. The van der Waals surface area contributed by atoms with Crippen LogP contribution in [0.15, 0.2) is 29.3 Å². The molecule has 5 nitrogen and oxygen atoms in total. The van der Waals surface area contributed by atoms with E-state index in [1.54, 1.807) is 39.0 Å². The second-order valence-corrected chi connectivity index (χ2v) is 9.01. The molecule has 138 valence electrons. The number of benzene rings is 1. The number of hydrogen-bond donors (Lipinski definition) is 2. The molecule has 0 saturated heterocycles. The zero-order valence-electron chi connectivity index (χ0n) is 14.6. The van der Waals surface area contributed by atoms with Crippen molar-refractivity contribution < 1.29 is 12.8 Å². The lowest BCUT2D eigenvalue weighted by molar-refractivity contribution is 0.559. The van der Waals surface area contributed by atoms with Gasteiger partial charge >= 0.3 is 0 Å². The first-order valence-corrected chi connectivity index (χ1v) is 9.30. The van der Waals surface area contributed by atoms with Gasteiger partial charge in [-0.1, -0.05) is 18.2 Å². The van der Waals surface area contributed by atoms with Crippen LogP contribution in [0, 0.1) is 5.82 Å². The zero-order valence-corrected chi connectivity index (χ0v) is 17.7. The van der Waals surface area contributed by atoms with Gasteiger partial charge in [0.25, 0.3) is 0 Å². The Hall–Kier alpha value is -0.900. The van der Waals surface area contributed by atoms with Crippen LogP contribution in [0.1, 0.15) is 33.3 Å². The summed E-state index contributed by atoms with van der Waals surface area (Å²) in [7, 11) is -3.19. The minimum absolute atomic E-state index is 0.